The van der Waals surface area contributed by atoms with Crippen LogP contribution < -0.4 is 15.7 Å². The van der Waals surface area contributed by atoms with E-state index in [4.69, 9.17) is 0 Å². The van der Waals surface area contributed by atoms with Crippen molar-refractivity contribution in [2.24, 2.45) is 0 Å². The summed E-state index contributed by atoms with van der Waals surface area (Å²) in [6, 6.07) is -0.438. The van der Waals surface area contributed by atoms with Crippen molar-refractivity contribution in [3.8, 4) is 0 Å². The van der Waals surface area contributed by atoms with E-state index < -0.39 is 12.3 Å². The van der Waals surface area contributed by atoms with E-state index in [9.17, 15) is 9.90 Å². The summed E-state index contributed by atoms with van der Waals surface area (Å²) in [5, 5.41) is 16.1. The van der Waals surface area contributed by atoms with Crippen molar-refractivity contribution < 1.29 is 9.90 Å². The monoisotopic (exact) mass is 187 g/mol. The zero-order chi connectivity index (χ0) is 10.6. The molecular weight excluding hydrogens is 168 g/mol. The maximum Gasteiger partial charge on any atom is 0.237 e. The highest BCUT2D eigenvalue weighted by Gasteiger charge is 2.18. The Hall–Kier alpha value is -0.610. The molecule has 0 aliphatic heterocycles. The molecule has 0 aliphatic carbocycles. The molecule has 4 heteroatoms. The first kappa shape index (κ1) is 12.4. The second-order valence-corrected chi connectivity index (χ2v) is 4.27. The summed E-state index contributed by atoms with van der Waals surface area (Å²) in [5.74, 6) is -0.143. The van der Waals surface area contributed by atoms with Crippen molar-refractivity contribution >= 4 is 5.91 Å². The lowest BCUT2D eigenvalue weighted by molar-refractivity contribution is -0.423. The highest BCUT2D eigenvalue weighted by atomic mass is 16.3. The van der Waals surface area contributed by atoms with E-state index in [-0.39, 0.29) is 11.4 Å². The molecule has 0 aliphatic rings. The lowest BCUT2D eigenvalue weighted by Gasteiger charge is -2.27. The van der Waals surface area contributed by atoms with E-state index in [1.807, 2.05) is 20.8 Å². The van der Waals surface area contributed by atoms with Crippen LogP contribution in [0, 0.1) is 0 Å². The van der Waals surface area contributed by atoms with Gasteiger partial charge in [-0.05, 0) is 27.7 Å². The summed E-state index contributed by atoms with van der Waals surface area (Å²) in [7, 11) is 0. The Balaban J connectivity index is 3.97. The van der Waals surface area contributed by atoms with Crippen LogP contribution in [0.1, 0.15) is 34.6 Å². The van der Waals surface area contributed by atoms with Gasteiger partial charge in [-0.3, -0.25) is 4.79 Å². The minimum Gasteiger partial charge on any atom is -0.841 e. The number of carbonyl (C=O) groups is 1. The van der Waals surface area contributed by atoms with Gasteiger partial charge in [-0.25, -0.2) is 0 Å². The van der Waals surface area contributed by atoms with Crippen LogP contribution in [0.3, 0.4) is 0 Å². The van der Waals surface area contributed by atoms with Crippen molar-refractivity contribution in [1.29, 1.82) is 0 Å². The molecule has 0 rings (SSSR count). The minimum atomic E-state index is -0.916. The summed E-state index contributed by atoms with van der Waals surface area (Å²) in [6.07, 6.45) is -0.916. The van der Waals surface area contributed by atoms with Gasteiger partial charge in [-0.2, -0.15) is 0 Å². The van der Waals surface area contributed by atoms with Crippen molar-refractivity contribution in [3.05, 3.63) is 0 Å². The van der Waals surface area contributed by atoms with Crippen LogP contribution in [-0.2, 0) is 4.79 Å². The van der Waals surface area contributed by atoms with E-state index in [0.717, 1.165) is 0 Å². The van der Waals surface area contributed by atoms with Gasteiger partial charge in [0.15, 0.2) is 0 Å². The second-order valence-electron chi connectivity index (χ2n) is 4.27. The molecule has 1 amide bonds. The Morgan fingerprint density at radius 1 is 1.31 bits per heavy atom. The number of hydrogen-bond acceptors (Lipinski definition) is 3. The Morgan fingerprint density at radius 2 is 1.77 bits per heavy atom. The third-order valence-electron chi connectivity index (χ3n) is 1.38. The van der Waals surface area contributed by atoms with Gasteiger partial charge in [-0.15, -0.1) is 0 Å². The molecule has 13 heavy (non-hydrogen) atoms. The van der Waals surface area contributed by atoms with Gasteiger partial charge >= 0.3 is 0 Å². The average Bonchev–Trinajstić information content (AvgIpc) is 1.81. The van der Waals surface area contributed by atoms with Crippen LogP contribution in [0.5, 0.6) is 0 Å². The van der Waals surface area contributed by atoms with Gasteiger partial charge in [0, 0.05) is 5.54 Å². The van der Waals surface area contributed by atoms with Crippen molar-refractivity contribution in [2.75, 3.05) is 0 Å². The number of carbonyl (C=O) groups excluding carboxylic acids is 1. The minimum absolute atomic E-state index is 0.143. The molecule has 2 unspecified atom stereocenters. The third-order valence-corrected chi connectivity index (χ3v) is 1.38. The fraction of sp³-hybridized carbons (Fsp3) is 0.889. The highest BCUT2D eigenvalue weighted by Crippen LogP contribution is 1.99. The zero-order valence-corrected chi connectivity index (χ0v) is 8.97. The SMILES string of the molecule is CC([O-])NC(C)C(=O)NC(C)(C)C. The van der Waals surface area contributed by atoms with E-state index in [1.54, 1.807) is 6.92 Å². The van der Waals surface area contributed by atoms with E-state index in [2.05, 4.69) is 10.6 Å². The van der Waals surface area contributed by atoms with Gasteiger partial charge < -0.3 is 15.7 Å². The lowest BCUT2D eigenvalue weighted by Crippen LogP contribution is -2.53. The third kappa shape index (κ3) is 6.54. The Bertz CT molecular complexity index is 173. The molecule has 0 saturated carbocycles. The molecular formula is C9H19N2O2-. The molecule has 2 N–H and O–H groups in total. The van der Waals surface area contributed by atoms with Crippen LogP contribution in [-0.4, -0.2) is 23.7 Å². The molecule has 4 nitrogen and oxygen atoms in total. The standard InChI is InChI=1S/C9H19N2O2/c1-6(10-7(2)12)8(13)11-9(3,4)5/h6-7,10H,1-5H3,(H,11,13)/q-1. The first-order valence-electron chi connectivity index (χ1n) is 4.46. The molecule has 0 spiro atoms. The number of amides is 1. The highest BCUT2D eigenvalue weighted by molar-refractivity contribution is 5.81. The van der Waals surface area contributed by atoms with Gasteiger partial charge in [0.2, 0.25) is 5.91 Å². The maximum atomic E-state index is 11.4. The first-order chi connectivity index (χ1) is 5.72. The topological polar surface area (TPSA) is 64.2 Å². The largest absolute Gasteiger partial charge is 0.841 e. The van der Waals surface area contributed by atoms with Crippen molar-refractivity contribution in [1.82, 2.24) is 10.6 Å². The predicted octanol–water partition coefficient (Wildman–Crippen LogP) is -0.414. The van der Waals surface area contributed by atoms with E-state index in [1.165, 1.54) is 6.92 Å². The molecule has 0 radical (unpaired) electrons. The smallest absolute Gasteiger partial charge is 0.237 e. The van der Waals surface area contributed by atoms with Crippen LogP contribution >= 0.6 is 0 Å². The normalized spacial score (nSPS) is 16.5. The quantitative estimate of drug-likeness (QED) is 0.590. The van der Waals surface area contributed by atoms with Gasteiger partial charge in [-0.1, -0.05) is 13.2 Å². The Morgan fingerprint density at radius 3 is 2.08 bits per heavy atom. The predicted molar refractivity (Wildman–Crippen MR) is 50.0 cm³/mol. The summed E-state index contributed by atoms with van der Waals surface area (Å²) in [5.41, 5.74) is -0.251. The second kappa shape index (κ2) is 4.58. The molecule has 0 aromatic heterocycles. The van der Waals surface area contributed by atoms with Gasteiger partial charge in [0.1, 0.15) is 0 Å². The Kier molecular flexibility index (Phi) is 4.36. The Labute approximate surface area is 79.7 Å². The summed E-state index contributed by atoms with van der Waals surface area (Å²) in [4.78, 5) is 11.4. The molecule has 0 heterocycles. The lowest BCUT2D eigenvalue weighted by atomic mass is 10.1. The van der Waals surface area contributed by atoms with Crippen LogP contribution in [0.15, 0.2) is 0 Å². The summed E-state index contributed by atoms with van der Waals surface area (Å²) >= 11 is 0. The molecule has 0 aromatic carbocycles. The molecule has 0 fully saturated rings. The van der Waals surface area contributed by atoms with Crippen LogP contribution in [0.25, 0.3) is 0 Å². The van der Waals surface area contributed by atoms with Crippen LogP contribution in [0.2, 0.25) is 0 Å². The summed E-state index contributed by atoms with van der Waals surface area (Å²) in [6.45, 7) is 8.85. The zero-order valence-electron chi connectivity index (χ0n) is 8.97. The molecule has 0 bridgehead atoms. The summed E-state index contributed by atoms with van der Waals surface area (Å²) < 4.78 is 0. The van der Waals surface area contributed by atoms with Crippen LogP contribution in [0.4, 0.5) is 0 Å². The van der Waals surface area contributed by atoms with E-state index in [0.29, 0.717) is 0 Å². The molecule has 2 atom stereocenters. The maximum absolute atomic E-state index is 11.4. The number of hydrogen-bond donors (Lipinski definition) is 2. The average molecular weight is 187 g/mol. The fourth-order valence-corrected chi connectivity index (χ4v) is 0.906. The van der Waals surface area contributed by atoms with Gasteiger partial charge in [0.05, 0.1) is 6.04 Å². The molecule has 0 saturated heterocycles. The number of nitrogens with one attached hydrogen (secondary N) is 2. The van der Waals surface area contributed by atoms with Crippen molar-refractivity contribution in [3.63, 3.8) is 0 Å². The van der Waals surface area contributed by atoms with Gasteiger partial charge in [0.25, 0.3) is 0 Å². The van der Waals surface area contributed by atoms with Crippen molar-refractivity contribution in [2.45, 2.75) is 52.4 Å². The van der Waals surface area contributed by atoms with E-state index >= 15 is 0 Å². The number of rotatable bonds is 3. The molecule has 0 aromatic rings. The first-order valence-corrected chi connectivity index (χ1v) is 4.46. The molecule has 78 valence electrons. The fourth-order valence-electron chi connectivity index (χ4n) is 0.906.